The average Bonchev–Trinajstić information content (AvgIpc) is 2.40. The summed E-state index contributed by atoms with van der Waals surface area (Å²) in [6, 6.07) is 3.71. The number of benzene rings is 1. The van der Waals surface area contributed by atoms with Gasteiger partial charge in [0.05, 0.1) is 0 Å². The Labute approximate surface area is 121 Å². The van der Waals surface area contributed by atoms with Gasteiger partial charge < -0.3 is 5.32 Å². The van der Waals surface area contributed by atoms with Crippen LogP contribution in [0.5, 0.6) is 0 Å². The molecule has 1 N–H and O–H groups in total. The Morgan fingerprint density at radius 3 is 2.05 bits per heavy atom. The van der Waals surface area contributed by atoms with Crippen molar-refractivity contribution in [3.05, 3.63) is 35.4 Å². The van der Waals surface area contributed by atoms with Gasteiger partial charge in [0.1, 0.15) is 11.6 Å². The van der Waals surface area contributed by atoms with Crippen LogP contribution in [0.4, 0.5) is 8.78 Å². The summed E-state index contributed by atoms with van der Waals surface area (Å²) in [6.07, 6.45) is 9.78. The van der Waals surface area contributed by atoms with E-state index in [1.807, 2.05) is 0 Å². The zero-order valence-corrected chi connectivity index (χ0v) is 12.6. The summed E-state index contributed by atoms with van der Waals surface area (Å²) in [5, 5.41) is 3.33. The van der Waals surface area contributed by atoms with E-state index in [0.717, 1.165) is 24.7 Å². The van der Waals surface area contributed by atoms with Crippen LogP contribution in [-0.4, -0.2) is 13.1 Å². The van der Waals surface area contributed by atoms with Crippen LogP contribution < -0.4 is 5.32 Å². The van der Waals surface area contributed by atoms with Crippen LogP contribution in [0.3, 0.4) is 0 Å². The van der Waals surface area contributed by atoms with Crippen molar-refractivity contribution in [2.75, 3.05) is 13.1 Å². The fourth-order valence-corrected chi connectivity index (χ4v) is 2.32. The Morgan fingerprint density at radius 2 is 1.40 bits per heavy atom. The van der Waals surface area contributed by atoms with Crippen LogP contribution in [0.2, 0.25) is 0 Å². The first-order valence-electron chi connectivity index (χ1n) is 7.88. The number of nitrogens with one attached hydrogen (secondary N) is 1. The Hall–Kier alpha value is -0.960. The highest BCUT2D eigenvalue weighted by Crippen LogP contribution is 2.08. The van der Waals surface area contributed by atoms with Gasteiger partial charge in [0.25, 0.3) is 0 Å². The number of hydrogen-bond donors (Lipinski definition) is 1. The lowest BCUT2D eigenvalue weighted by Crippen LogP contribution is -2.18. The Morgan fingerprint density at radius 1 is 0.800 bits per heavy atom. The predicted octanol–water partition coefficient (Wildman–Crippen LogP) is 4.85. The van der Waals surface area contributed by atoms with Gasteiger partial charge in [0.2, 0.25) is 0 Å². The quantitative estimate of drug-likeness (QED) is 0.573. The monoisotopic (exact) mass is 283 g/mol. The molecular weight excluding hydrogens is 256 g/mol. The molecule has 1 rings (SSSR count). The summed E-state index contributed by atoms with van der Waals surface area (Å²) in [4.78, 5) is 0. The van der Waals surface area contributed by atoms with Crippen molar-refractivity contribution in [2.45, 2.75) is 58.3 Å². The SMILES string of the molecule is CCCCCCCCCNCCc1cc(F)cc(F)c1. The van der Waals surface area contributed by atoms with E-state index in [0.29, 0.717) is 6.42 Å². The van der Waals surface area contributed by atoms with E-state index in [1.165, 1.54) is 57.1 Å². The molecule has 0 heterocycles. The molecule has 0 aromatic heterocycles. The first-order chi connectivity index (χ1) is 9.72. The second kappa shape index (κ2) is 10.8. The standard InChI is InChI=1S/C17H27F2N/c1-2-3-4-5-6-7-8-10-20-11-9-15-12-16(18)14-17(19)13-15/h12-14,20H,2-11H2,1H3. The van der Waals surface area contributed by atoms with Crippen molar-refractivity contribution in [1.82, 2.24) is 5.32 Å². The van der Waals surface area contributed by atoms with Crippen LogP contribution in [0, 0.1) is 11.6 Å². The smallest absolute Gasteiger partial charge is 0.126 e. The van der Waals surface area contributed by atoms with Gasteiger partial charge in [-0.15, -0.1) is 0 Å². The minimum absolute atomic E-state index is 0.493. The number of rotatable bonds is 11. The van der Waals surface area contributed by atoms with E-state index in [9.17, 15) is 8.78 Å². The molecular formula is C17H27F2N. The second-order valence-corrected chi connectivity index (χ2v) is 5.40. The van der Waals surface area contributed by atoms with Crippen LogP contribution in [0.1, 0.15) is 57.4 Å². The van der Waals surface area contributed by atoms with Crippen molar-refractivity contribution >= 4 is 0 Å². The molecule has 114 valence electrons. The maximum Gasteiger partial charge on any atom is 0.126 e. The second-order valence-electron chi connectivity index (χ2n) is 5.40. The highest BCUT2D eigenvalue weighted by atomic mass is 19.1. The fourth-order valence-electron chi connectivity index (χ4n) is 2.32. The molecule has 1 aromatic rings. The van der Waals surface area contributed by atoms with E-state index in [4.69, 9.17) is 0 Å². The van der Waals surface area contributed by atoms with Crippen LogP contribution >= 0.6 is 0 Å². The maximum atomic E-state index is 13.0. The molecule has 0 aliphatic rings. The molecule has 1 nitrogen and oxygen atoms in total. The van der Waals surface area contributed by atoms with E-state index in [-0.39, 0.29) is 0 Å². The van der Waals surface area contributed by atoms with E-state index in [1.54, 1.807) is 0 Å². The maximum absolute atomic E-state index is 13.0. The molecule has 0 atom stereocenters. The van der Waals surface area contributed by atoms with Gasteiger partial charge in [0.15, 0.2) is 0 Å². The average molecular weight is 283 g/mol. The van der Waals surface area contributed by atoms with Gasteiger partial charge in [-0.3, -0.25) is 0 Å². The molecule has 0 bridgehead atoms. The lowest BCUT2D eigenvalue weighted by molar-refractivity contribution is 0.560. The third-order valence-electron chi connectivity index (χ3n) is 3.47. The van der Waals surface area contributed by atoms with Crippen LogP contribution in [0.25, 0.3) is 0 Å². The van der Waals surface area contributed by atoms with Crippen molar-refractivity contribution in [2.24, 2.45) is 0 Å². The topological polar surface area (TPSA) is 12.0 Å². The fraction of sp³-hybridized carbons (Fsp3) is 0.647. The Kier molecular flexibility index (Phi) is 9.22. The largest absolute Gasteiger partial charge is 0.316 e. The summed E-state index contributed by atoms with van der Waals surface area (Å²) in [7, 11) is 0. The number of unbranched alkanes of at least 4 members (excludes halogenated alkanes) is 6. The van der Waals surface area contributed by atoms with E-state index < -0.39 is 11.6 Å². The van der Waals surface area contributed by atoms with Gasteiger partial charge in [-0.25, -0.2) is 8.78 Å². The van der Waals surface area contributed by atoms with Gasteiger partial charge in [-0.1, -0.05) is 45.4 Å². The van der Waals surface area contributed by atoms with Crippen molar-refractivity contribution < 1.29 is 8.78 Å². The number of halogens is 2. The highest BCUT2D eigenvalue weighted by molar-refractivity contribution is 5.18. The highest BCUT2D eigenvalue weighted by Gasteiger charge is 2.00. The normalized spacial score (nSPS) is 10.9. The van der Waals surface area contributed by atoms with E-state index in [2.05, 4.69) is 12.2 Å². The third kappa shape index (κ3) is 8.26. The molecule has 0 saturated carbocycles. The molecule has 20 heavy (non-hydrogen) atoms. The summed E-state index contributed by atoms with van der Waals surface area (Å²) < 4.78 is 25.9. The summed E-state index contributed by atoms with van der Waals surface area (Å²) in [5.74, 6) is -0.987. The predicted molar refractivity (Wildman–Crippen MR) is 80.9 cm³/mol. The Balaban J connectivity index is 1.97. The van der Waals surface area contributed by atoms with Crippen molar-refractivity contribution in [1.29, 1.82) is 0 Å². The zero-order chi connectivity index (χ0) is 14.6. The van der Waals surface area contributed by atoms with Crippen LogP contribution in [-0.2, 0) is 6.42 Å². The molecule has 0 radical (unpaired) electrons. The zero-order valence-electron chi connectivity index (χ0n) is 12.6. The minimum Gasteiger partial charge on any atom is -0.316 e. The van der Waals surface area contributed by atoms with Gasteiger partial charge >= 0.3 is 0 Å². The molecule has 0 unspecified atom stereocenters. The molecule has 0 aliphatic heterocycles. The Bertz CT molecular complexity index is 346. The molecule has 0 spiro atoms. The van der Waals surface area contributed by atoms with Crippen LogP contribution in [0.15, 0.2) is 18.2 Å². The molecule has 1 aromatic carbocycles. The minimum atomic E-state index is -0.493. The number of hydrogen-bond acceptors (Lipinski definition) is 1. The molecule has 0 saturated heterocycles. The van der Waals surface area contributed by atoms with Gasteiger partial charge in [0, 0.05) is 6.07 Å². The summed E-state index contributed by atoms with van der Waals surface area (Å²) in [5.41, 5.74) is 0.717. The molecule has 0 aliphatic carbocycles. The van der Waals surface area contributed by atoms with Crippen molar-refractivity contribution in [3.63, 3.8) is 0 Å². The lowest BCUT2D eigenvalue weighted by atomic mass is 10.1. The van der Waals surface area contributed by atoms with E-state index >= 15 is 0 Å². The summed E-state index contributed by atoms with van der Waals surface area (Å²) >= 11 is 0. The van der Waals surface area contributed by atoms with Gasteiger partial charge in [-0.05, 0) is 43.6 Å². The molecule has 0 fully saturated rings. The lowest BCUT2D eigenvalue weighted by Gasteiger charge is -2.05. The summed E-state index contributed by atoms with van der Waals surface area (Å²) in [6.45, 7) is 4.00. The first kappa shape index (κ1) is 17.1. The molecule has 0 amide bonds. The third-order valence-corrected chi connectivity index (χ3v) is 3.47. The molecule has 3 heteroatoms. The first-order valence-corrected chi connectivity index (χ1v) is 7.88. The van der Waals surface area contributed by atoms with Gasteiger partial charge in [-0.2, -0.15) is 0 Å². The van der Waals surface area contributed by atoms with Crippen molar-refractivity contribution in [3.8, 4) is 0 Å².